The maximum absolute atomic E-state index is 12.4. The minimum Gasteiger partial charge on any atom is -0.397 e. The van der Waals surface area contributed by atoms with Gasteiger partial charge in [0, 0.05) is 12.1 Å². The molecule has 0 saturated heterocycles. The Kier molecular flexibility index (Phi) is 3.98. The zero-order chi connectivity index (χ0) is 14.0. The number of hydrogen-bond acceptors (Lipinski definition) is 2. The quantitative estimate of drug-likeness (QED) is 0.855. The van der Waals surface area contributed by atoms with Crippen LogP contribution in [0.15, 0.2) is 42.5 Å². The van der Waals surface area contributed by atoms with Crippen molar-refractivity contribution in [1.29, 1.82) is 0 Å². The molecule has 0 saturated carbocycles. The second-order valence-electron chi connectivity index (χ2n) is 4.05. The fourth-order valence-electron chi connectivity index (χ4n) is 1.73. The Hall–Kier alpha value is -1.71. The normalized spacial score (nSPS) is 10.3. The molecular formula is C14H12Cl2N2O. The van der Waals surface area contributed by atoms with E-state index in [2.05, 4.69) is 0 Å². The van der Waals surface area contributed by atoms with Crippen LogP contribution in [0.1, 0.15) is 10.4 Å². The Morgan fingerprint density at radius 1 is 1.16 bits per heavy atom. The van der Waals surface area contributed by atoms with Crippen LogP contribution in [0.25, 0.3) is 0 Å². The third kappa shape index (κ3) is 2.83. The van der Waals surface area contributed by atoms with Gasteiger partial charge in [0.25, 0.3) is 5.91 Å². The number of nitrogens with zero attached hydrogens (tertiary/aromatic N) is 1. The Bertz CT molecular complexity index is 629. The van der Waals surface area contributed by atoms with Crippen LogP contribution in [0.3, 0.4) is 0 Å². The first-order valence-electron chi connectivity index (χ1n) is 5.58. The molecule has 0 aliphatic rings. The number of benzene rings is 2. The molecule has 2 N–H and O–H groups in total. The highest BCUT2D eigenvalue weighted by atomic mass is 35.5. The fourth-order valence-corrected chi connectivity index (χ4v) is 2.11. The van der Waals surface area contributed by atoms with E-state index in [1.807, 2.05) is 0 Å². The van der Waals surface area contributed by atoms with Gasteiger partial charge in [0.1, 0.15) is 0 Å². The summed E-state index contributed by atoms with van der Waals surface area (Å²) in [5.41, 5.74) is 7.31. The van der Waals surface area contributed by atoms with E-state index in [0.29, 0.717) is 27.0 Å². The average Bonchev–Trinajstić information content (AvgIpc) is 2.40. The molecule has 0 unspecified atom stereocenters. The number of nitrogens with two attached hydrogens (primary N) is 1. The van der Waals surface area contributed by atoms with Crippen molar-refractivity contribution in [2.75, 3.05) is 17.7 Å². The van der Waals surface area contributed by atoms with Crippen molar-refractivity contribution in [3.63, 3.8) is 0 Å². The Morgan fingerprint density at radius 3 is 2.53 bits per heavy atom. The lowest BCUT2D eigenvalue weighted by Crippen LogP contribution is -2.27. The van der Waals surface area contributed by atoms with E-state index in [-0.39, 0.29) is 5.91 Å². The minimum absolute atomic E-state index is 0.237. The van der Waals surface area contributed by atoms with Gasteiger partial charge in [0.15, 0.2) is 0 Å². The number of anilines is 2. The topological polar surface area (TPSA) is 46.3 Å². The summed E-state index contributed by atoms with van der Waals surface area (Å²) >= 11 is 11.9. The summed E-state index contributed by atoms with van der Waals surface area (Å²) in [5.74, 6) is -0.237. The van der Waals surface area contributed by atoms with Gasteiger partial charge in [-0.05, 0) is 30.3 Å². The smallest absolute Gasteiger partial charge is 0.259 e. The lowest BCUT2D eigenvalue weighted by molar-refractivity contribution is 0.0993. The molecule has 0 bridgehead atoms. The molecule has 1 amide bonds. The van der Waals surface area contributed by atoms with Crippen LogP contribution in [0, 0.1) is 0 Å². The number of carbonyl (C=O) groups is 1. The van der Waals surface area contributed by atoms with Crippen LogP contribution < -0.4 is 10.6 Å². The molecule has 0 fully saturated rings. The van der Waals surface area contributed by atoms with Crippen LogP contribution in [0.5, 0.6) is 0 Å². The first-order chi connectivity index (χ1) is 9.00. The molecule has 2 aromatic rings. The van der Waals surface area contributed by atoms with Gasteiger partial charge in [-0.2, -0.15) is 0 Å². The monoisotopic (exact) mass is 294 g/mol. The van der Waals surface area contributed by atoms with Gasteiger partial charge in [-0.3, -0.25) is 4.79 Å². The van der Waals surface area contributed by atoms with E-state index < -0.39 is 0 Å². The van der Waals surface area contributed by atoms with Crippen LogP contribution >= 0.6 is 23.2 Å². The number of halogens is 2. The van der Waals surface area contributed by atoms with Crippen molar-refractivity contribution in [3.05, 3.63) is 58.1 Å². The van der Waals surface area contributed by atoms with E-state index in [4.69, 9.17) is 28.9 Å². The number of amides is 1. The molecule has 0 aliphatic carbocycles. The number of rotatable bonds is 2. The summed E-state index contributed by atoms with van der Waals surface area (Å²) in [6, 6.07) is 11.8. The van der Waals surface area contributed by atoms with Crippen molar-refractivity contribution >= 4 is 40.5 Å². The maximum atomic E-state index is 12.4. The third-order valence-corrected chi connectivity index (χ3v) is 3.33. The summed E-state index contributed by atoms with van der Waals surface area (Å²) in [6.07, 6.45) is 0. The highest BCUT2D eigenvalue weighted by Crippen LogP contribution is 2.28. The standard InChI is InChI=1S/C14H12Cl2N2O/c1-18(13-8-9(15)6-7-12(13)17)14(19)10-4-2-3-5-11(10)16/h2-8H,17H2,1H3. The minimum atomic E-state index is -0.237. The molecule has 3 nitrogen and oxygen atoms in total. The van der Waals surface area contributed by atoms with Crippen molar-refractivity contribution in [3.8, 4) is 0 Å². The molecule has 0 heterocycles. The van der Waals surface area contributed by atoms with Crippen LogP contribution in [-0.4, -0.2) is 13.0 Å². The van der Waals surface area contributed by atoms with Gasteiger partial charge < -0.3 is 10.6 Å². The lowest BCUT2D eigenvalue weighted by atomic mass is 10.1. The van der Waals surface area contributed by atoms with Gasteiger partial charge in [0.2, 0.25) is 0 Å². The van der Waals surface area contributed by atoms with E-state index in [1.165, 1.54) is 4.90 Å². The second kappa shape index (κ2) is 5.51. The van der Waals surface area contributed by atoms with Gasteiger partial charge in [0.05, 0.1) is 22.0 Å². The van der Waals surface area contributed by atoms with Gasteiger partial charge >= 0.3 is 0 Å². The average molecular weight is 295 g/mol. The molecular weight excluding hydrogens is 283 g/mol. The number of hydrogen-bond donors (Lipinski definition) is 1. The molecule has 2 rings (SSSR count). The van der Waals surface area contributed by atoms with Gasteiger partial charge in [-0.15, -0.1) is 0 Å². The highest BCUT2D eigenvalue weighted by molar-refractivity contribution is 6.34. The van der Waals surface area contributed by atoms with E-state index in [9.17, 15) is 4.79 Å². The highest BCUT2D eigenvalue weighted by Gasteiger charge is 2.18. The van der Waals surface area contributed by atoms with E-state index >= 15 is 0 Å². The molecule has 0 atom stereocenters. The zero-order valence-corrected chi connectivity index (χ0v) is 11.7. The molecule has 0 aromatic heterocycles. The zero-order valence-electron chi connectivity index (χ0n) is 10.2. The molecule has 0 radical (unpaired) electrons. The summed E-state index contributed by atoms with van der Waals surface area (Å²) in [7, 11) is 1.63. The Balaban J connectivity index is 2.39. The van der Waals surface area contributed by atoms with Gasteiger partial charge in [-0.25, -0.2) is 0 Å². The number of nitrogen functional groups attached to an aromatic ring is 1. The fraction of sp³-hybridized carbons (Fsp3) is 0.0714. The second-order valence-corrected chi connectivity index (χ2v) is 4.89. The third-order valence-electron chi connectivity index (χ3n) is 2.76. The van der Waals surface area contributed by atoms with Crippen LogP contribution in [0.2, 0.25) is 10.0 Å². The molecule has 2 aromatic carbocycles. The van der Waals surface area contributed by atoms with E-state index in [1.54, 1.807) is 49.5 Å². The van der Waals surface area contributed by atoms with Crippen LogP contribution in [0.4, 0.5) is 11.4 Å². The molecule has 5 heteroatoms. The molecule has 19 heavy (non-hydrogen) atoms. The van der Waals surface area contributed by atoms with Crippen molar-refractivity contribution < 1.29 is 4.79 Å². The summed E-state index contributed by atoms with van der Waals surface area (Å²) in [4.78, 5) is 13.8. The first-order valence-corrected chi connectivity index (χ1v) is 6.34. The van der Waals surface area contributed by atoms with Crippen molar-refractivity contribution in [1.82, 2.24) is 0 Å². The summed E-state index contributed by atoms with van der Waals surface area (Å²) in [6.45, 7) is 0. The predicted molar refractivity (Wildman–Crippen MR) is 80.0 cm³/mol. The first kappa shape index (κ1) is 13.7. The van der Waals surface area contributed by atoms with Crippen molar-refractivity contribution in [2.45, 2.75) is 0 Å². The summed E-state index contributed by atoms with van der Waals surface area (Å²) < 4.78 is 0. The SMILES string of the molecule is CN(C(=O)c1ccccc1Cl)c1cc(Cl)ccc1N. The number of carbonyl (C=O) groups excluding carboxylic acids is 1. The molecule has 0 spiro atoms. The summed E-state index contributed by atoms with van der Waals surface area (Å²) in [5, 5.41) is 0.919. The Morgan fingerprint density at radius 2 is 1.84 bits per heavy atom. The van der Waals surface area contributed by atoms with Crippen molar-refractivity contribution in [2.24, 2.45) is 0 Å². The van der Waals surface area contributed by atoms with Crippen LogP contribution in [-0.2, 0) is 0 Å². The largest absolute Gasteiger partial charge is 0.397 e. The Labute approximate surface area is 121 Å². The molecule has 98 valence electrons. The van der Waals surface area contributed by atoms with E-state index in [0.717, 1.165) is 0 Å². The molecule has 0 aliphatic heterocycles. The maximum Gasteiger partial charge on any atom is 0.259 e. The lowest BCUT2D eigenvalue weighted by Gasteiger charge is -2.20. The predicted octanol–water partition coefficient (Wildman–Crippen LogP) is 3.85. The van der Waals surface area contributed by atoms with Gasteiger partial charge in [-0.1, -0.05) is 35.3 Å².